The first kappa shape index (κ1) is 16.8. The van der Waals surface area contributed by atoms with Crippen molar-refractivity contribution in [3.8, 4) is 0 Å². The lowest BCUT2D eigenvalue weighted by atomic mass is 10.0. The summed E-state index contributed by atoms with van der Waals surface area (Å²) in [5.74, 6) is -1.80. The highest BCUT2D eigenvalue weighted by Crippen LogP contribution is 2.28. The number of carboxylic acid groups (broad SMARTS) is 1. The molecule has 0 saturated carbocycles. The average molecular weight is 360 g/mol. The smallest absolute Gasteiger partial charge is 0.341 e. The number of carbonyl (C=O) groups is 1. The minimum atomic E-state index is -1.30. The first-order valence-corrected chi connectivity index (χ1v) is 8.79. The molecule has 4 rings (SSSR count). The van der Waals surface area contributed by atoms with Crippen molar-refractivity contribution >= 4 is 22.6 Å². The summed E-state index contributed by atoms with van der Waals surface area (Å²) in [6.45, 7) is 2.99. The van der Waals surface area contributed by atoms with E-state index in [1.165, 1.54) is 12.3 Å². The normalized spacial score (nSPS) is 19.8. The number of anilines is 1. The maximum Gasteiger partial charge on any atom is 0.341 e. The molecule has 26 heavy (non-hydrogen) atoms. The van der Waals surface area contributed by atoms with Gasteiger partial charge < -0.3 is 20.3 Å². The van der Waals surface area contributed by atoms with Crippen molar-refractivity contribution in [2.45, 2.75) is 18.9 Å². The number of aromatic carboxylic acids is 1. The van der Waals surface area contributed by atoms with Gasteiger partial charge in [-0.15, -0.1) is 0 Å². The summed E-state index contributed by atoms with van der Waals surface area (Å²) in [4.78, 5) is 25.9. The molecule has 2 aliphatic heterocycles. The van der Waals surface area contributed by atoms with Crippen LogP contribution in [0.2, 0.25) is 0 Å². The number of pyridine rings is 1. The summed E-state index contributed by atoms with van der Waals surface area (Å²) in [6.07, 6.45) is 3.34. The third kappa shape index (κ3) is 2.80. The van der Waals surface area contributed by atoms with E-state index in [1.807, 2.05) is 17.0 Å². The van der Waals surface area contributed by atoms with Crippen LogP contribution >= 0.6 is 0 Å². The van der Waals surface area contributed by atoms with Crippen LogP contribution in [0.15, 0.2) is 23.1 Å². The molecule has 1 atom stereocenters. The molecule has 1 aromatic carbocycles. The van der Waals surface area contributed by atoms with Crippen LogP contribution in [0.4, 0.5) is 10.1 Å². The van der Waals surface area contributed by atoms with Crippen LogP contribution in [-0.4, -0.2) is 55.0 Å². The Morgan fingerprint density at radius 1 is 1.31 bits per heavy atom. The number of aromatic nitrogens is 1. The van der Waals surface area contributed by atoms with E-state index < -0.39 is 17.2 Å². The van der Waals surface area contributed by atoms with Gasteiger partial charge >= 0.3 is 5.97 Å². The van der Waals surface area contributed by atoms with E-state index in [-0.39, 0.29) is 10.9 Å². The summed E-state index contributed by atoms with van der Waals surface area (Å²) >= 11 is 0. The van der Waals surface area contributed by atoms with Crippen molar-refractivity contribution in [2.24, 2.45) is 0 Å². The summed E-state index contributed by atoms with van der Waals surface area (Å²) in [7, 11) is 1.90. The van der Waals surface area contributed by atoms with Gasteiger partial charge in [0.15, 0.2) is 0 Å². The third-order valence-corrected chi connectivity index (χ3v) is 5.18. The van der Waals surface area contributed by atoms with E-state index in [4.69, 9.17) is 0 Å². The van der Waals surface area contributed by atoms with Crippen LogP contribution in [0.1, 0.15) is 23.2 Å². The zero-order chi connectivity index (χ0) is 18.4. The molecule has 2 aromatic rings. The molecule has 0 spiro atoms. The maximum absolute atomic E-state index is 14.8. The molecule has 0 aliphatic carbocycles. The molecule has 138 valence electrons. The Balaban J connectivity index is 1.88. The van der Waals surface area contributed by atoms with Crippen LogP contribution < -0.4 is 20.7 Å². The molecule has 2 fully saturated rings. The number of piperidine rings is 1. The van der Waals surface area contributed by atoms with Gasteiger partial charge in [-0.3, -0.25) is 9.47 Å². The highest BCUT2D eigenvalue weighted by Gasteiger charge is 2.26. The molecule has 2 saturated heterocycles. The molecular formula is C18H21FN4O3. The predicted molar refractivity (Wildman–Crippen MR) is 97.4 cm³/mol. The lowest BCUT2D eigenvalue weighted by Gasteiger charge is -2.34. The van der Waals surface area contributed by atoms with E-state index in [9.17, 15) is 19.1 Å². The minimum absolute atomic E-state index is 0.0974. The Morgan fingerprint density at radius 2 is 2.08 bits per heavy atom. The number of likely N-dealkylation sites (N-methyl/N-ethyl adjacent to an activating group) is 1. The molecule has 1 unspecified atom stereocenters. The lowest BCUT2D eigenvalue weighted by molar-refractivity contribution is 0.0695. The van der Waals surface area contributed by atoms with Gasteiger partial charge in [0, 0.05) is 25.3 Å². The molecule has 0 amide bonds. The fourth-order valence-electron chi connectivity index (χ4n) is 3.64. The number of fused-ring (bicyclic) bond motifs is 1. The van der Waals surface area contributed by atoms with Crippen molar-refractivity contribution in [2.75, 3.05) is 43.1 Å². The molecule has 0 radical (unpaired) electrons. The number of rotatable bonds is 4. The minimum Gasteiger partial charge on any atom is -0.477 e. The molecule has 2 N–H and O–H groups in total. The van der Waals surface area contributed by atoms with Gasteiger partial charge in [-0.05, 0) is 32.0 Å². The first-order chi connectivity index (χ1) is 12.5. The Morgan fingerprint density at radius 3 is 2.73 bits per heavy atom. The summed E-state index contributed by atoms with van der Waals surface area (Å²) in [5, 5.41) is 14.5. The fourth-order valence-corrected chi connectivity index (χ4v) is 3.64. The Labute approximate surface area is 149 Å². The molecule has 1 aromatic heterocycles. The van der Waals surface area contributed by atoms with E-state index in [1.54, 1.807) is 10.7 Å². The zero-order valence-electron chi connectivity index (χ0n) is 14.5. The van der Waals surface area contributed by atoms with Crippen LogP contribution in [-0.2, 0) is 0 Å². The van der Waals surface area contributed by atoms with E-state index in [2.05, 4.69) is 5.32 Å². The van der Waals surface area contributed by atoms with Gasteiger partial charge in [0.2, 0.25) is 5.43 Å². The lowest BCUT2D eigenvalue weighted by Crippen LogP contribution is -2.44. The number of halogens is 1. The molecule has 8 heteroatoms. The Kier molecular flexibility index (Phi) is 4.07. The highest BCUT2D eigenvalue weighted by molar-refractivity contribution is 5.93. The summed E-state index contributed by atoms with van der Waals surface area (Å²) in [5.41, 5.74) is 0.00331. The predicted octanol–water partition coefficient (Wildman–Crippen LogP) is 0.979. The Bertz CT molecular complexity index is 938. The second kappa shape index (κ2) is 6.28. The number of nitrogens with one attached hydrogen (secondary N) is 1. The van der Waals surface area contributed by atoms with Gasteiger partial charge in [0.1, 0.15) is 11.4 Å². The first-order valence-electron chi connectivity index (χ1n) is 8.79. The van der Waals surface area contributed by atoms with Crippen molar-refractivity contribution in [1.29, 1.82) is 0 Å². The molecular weight excluding hydrogens is 339 g/mol. The van der Waals surface area contributed by atoms with Crippen molar-refractivity contribution in [1.82, 2.24) is 9.99 Å². The number of carboxylic acids is 1. The maximum atomic E-state index is 14.8. The highest BCUT2D eigenvalue weighted by atomic mass is 19.1. The number of nitrogens with zero attached hydrogens (tertiary/aromatic N) is 3. The van der Waals surface area contributed by atoms with Crippen LogP contribution in [0.5, 0.6) is 0 Å². The Hall–Kier alpha value is -2.61. The average Bonchev–Trinajstić information content (AvgIpc) is 3.47. The monoisotopic (exact) mass is 360 g/mol. The van der Waals surface area contributed by atoms with E-state index in [0.717, 1.165) is 32.5 Å². The van der Waals surface area contributed by atoms with Crippen molar-refractivity contribution < 1.29 is 14.3 Å². The standard InChI is InChI=1S/C18H21FN4O3/c1-20-11-3-2-4-21(9-11)16-8-15-12(7-14(16)19)17(24)13(18(25)26)10-23(15)22-5-6-22/h7-8,10-11,20H,2-6,9H2,1H3,(H,25,26). The number of hydrogen-bond acceptors (Lipinski definition) is 5. The van der Waals surface area contributed by atoms with Gasteiger partial charge in [0.05, 0.1) is 29.7 Å². The number of benzene rings is 1. The topological polar surface area (TPSA) is 77.6 Å². The zero-order valence-corrected chi connectivity index (χ0v) is 14.5. The van der Waals surface area contributed by atoms with E-state index in [0.29, 0.717) is 23.8 Å². The molecule has 7 nitrogen and oxygen atoms in total. The molecule has 0 bridgehead atoms. The second-order valence-corrected chi connectivity index (χ2v) is 6.87. The SMILES string of the molecule is CNC1CCCN(c2cc3c(cc2F)c(=O)c(C(=O)O)cn3N2CC2)C1. The van der Waals surface area contributed by atoms with Crippen LogP contribution in [0, 0.1) is 5.82 Å². The molecule has 2 aliphatic rings. The van der Waals surface area contributed by atoms with Gasteiger partial charge in [-0.1, -0.05) is 0 Å². The van der Waals surface area contributed by atoms with E-state index >= 15 is 0 Å². The van der Waals surface area contributed by atoms with Crippen LogP contribution in [0.25, 0.3) is 10.9 Å². The second-order valence-electron chi connectivity index (χ2n) is 6.87. The molecule has 3 heterocycles. The quantitative estimate of drug-likeness (QED) is 0.792. The number of hydrogen-bond donors (Lipinski definition) is 2. The van der Waals surface area contributed by atoms with Gasteiger partial charge in [-0.25, -0.2) is 9.18 Å². The van der Waals surface area contributed by atoms with Crippen LogP contribution in [0.3, 0.4) is 0 Å². The fraction of sp³-hybridized carbons (Fsp3) is 0.444. The third-order valence-electron chi connectivity index (χ3n) is 5.18. The largest absolute Gasteiger partial charge is 0.477 e. The van der Waals surface area contributed by atoms with Gasteiger partial charge in [-0.2, -0.15) is 0 Å². The van der Waals surface area contributed by atoms with Gasteiger partial charge in [0.25, 0.3) is 0 Å². The van der Waals surface area contributed by atoms with Crippen molar-refractivity contribution in [3.05, 3.63) is 39.9 Å². The summed E-state index contributed by atoms with van der Waals surface area (Å²) in [6, 6.07) is 3.15. The summed E-state index contributed by atoms with van der Waals surface area (Å²) < 4.78 is 16.5. The van der Waals surface area contributed by atoms with Crippen molar-refractivity contribution in [3.63, 3.8) is 0 Å².